The maximum absolute atomic E-state index is 12.1. The topological polar surface area (TPSA) is 46.3 Å². The van der Waals surface area contributed by atoms with Gasteiger partial charge in [-0.3, -0.25) is 4.79 Å². The van der Waals surface area contributed by atoms with E-state index in [1.54, 1.807) is 0 Å². The summed E-state index contributed by atoms with van der Waals surface area (Å²) in [5.74, 6) is 0.220. The lowest BCUT2D eigenvalue weighted by atomic mass is 9.79. The van der Waals surface area contributed by atoms with Crippen LogP contribution in [0.5, 0.6) is 0 Å². The van der Waals surface area contributed by atoms with Crippen molar-refractivity contribution in [2.45, 2.75) is 40.5 Å². The predicted molar refractivity (Wildman–Crippen MR) is 70.2 cm³/mol. The van der Waals surface area contributed by atoms with Crippen molar-refractivity contribution in [3.63, 3.8) is 0 Å². The van der Waals surface area contributed by atoms with E-state index in [9.17, 15) is 4.79 Å². The van der Waals surface area contributed by atoms with E-state index in [1.165, 1.54) is 0 Å². The highest BCUT2D eigenvalue weighted by molar-refractivity contribution is 7.80. The molecule has 0 unspecified atom stereocenters. The van der Waals surface area contributed by atoms with E-state index in [-0.39, 0.29) is 16.7 Å². The smallest absolute Gasteiger partial charge is 0.227 e. The zero-order chi connectivity index (χ0) is 12.6. The number of hydrogen-bond donors (Lipinski definition) is 1. The molecule has 92 valence electrons. The molecule has 0 aliphatic carbocycles. The Labute approximate surface area is 103 Å². The molecule has 0 aromatic rings. The number of nitrogens with zero attached hydrogens (tertiary/aromatic N) is 1. The highest BCUT2D eigenvalue weighted by Crippen LogP contribution is 2.32. The number of amides is 1. The van der Waals surface area contributed by atoms with Gasteiger partial charge in [-0.25, -0.2) is 0 Å². The number of hydrogen-bond acceptors (Lipinski definition) is 2. The number of thiocarbonyl (C=S) groups is 1. The van der Waals surface area contributed by atoms with Gasteiger partial charge in [-0.1, -0.05) is 39.9 Å². The van der Waals surface area contributed by atoms with Crippen LogP contribution in [0.15, 0.2) is 0 Å². The van der Waals surface area contributed by atoms with Crippen molar-refractivity contribution >= 4 is 23.1 Å². The fraction of sp³-hybridized carbons (Fsp3) is 0.833. The molecule has 0 saturated carbocycles. The van der Waals surface area contributed by atoms with Gasteiger partial charge in [0.25, 0.3) is 0 Å². The van der Waals surface area contributed by atoms with Crippen LogP contribution in [0, 0.1) is 10.8 Å². The van der Waals surface area contributed by atoms with E-state index in [2.05, 4.69) is 6.92 Å². The fourth-order valence-electron chi connectivity index (χ4n) is 1.92. The van der Waals surface area contributed by atoms with Gasteiger partial charge in [0.1, 0.15) is 0 Å². The van der Waals surface area contributed by atoms with Gasteiger partial charge in [0.15, 0.2) is 0 Å². The summed E-state index contributed by atoms with van der Waals surface area (Å²) in [6, 6.07) is 0. The summed E-state index contributed by atoms with van der Waals surface area (Å²) in [6.07, 6.45) is 1.76. The van der Waals surface area contributed by atoms with Crippen molar-refractivity contribution in [2.24, 2.45) is 16.6 Å². The van der Waals surface area contributed by atoms with E-state index < -0.39 is 0 Å². The van der Waals surface area contributed by atoms with Crippen LogP contribution in [0.4, 0.5) is 0 Å². The second kappa shape index (κ2) is 4.32. The Hall–Kier alpha value is -0.640. The van der Waals surface area contributed by atoms with Crippen molar-refractivity contribution in [3.8, 4) is 0 Å². The molecule has 1 fully saturated rings. The number of piperidine rings is 1. The van der Waals surface area contributed by atoms with Gasteiger partial charge >= 0.3 is 0 Å². The number of rotatable bonds is 1. The molecule has 1 rings (SSSR count). The molecule has 1 aliphatic rings. The Kier molecular flexibility index (Phi) is 3.62. The minimum Gasteiger partial charge on any atom is -0.393 e. The lowest BCUT2D eigenvalue weighted by molar-refractivity contribution is -0.141. The van der Waals surface area contributed by atoms with Gasteiger partial charge < -0.3 is 10.6 Å². The van der Waals surface area contributed by atoms with Gasteiger partial charge in [-0.2, -0.15) is 0 Å². The van der Waals surface area contributed by atoms with E-state index in [1.807, 2.05) is 25.7 Å². The molecular formula is C12H22N2OS. The molecule has 4 heteroatoms. The van der Waals surface area contributed by atoms with E-state index in [0.717, 1.165) is 25.9 Å². The van der Waals surface area contributed by atoms with Gasteiger partial charge in [0.2, 0.25) is 5.91 Å². The first-order valence-corrected chi connectivity index (χ1v) is 6.17. The SMILES string of the molecule is CC(C)(C)C(=O)N1CCC(C)(C(N)=S)CC1. The minimum absolute atomic E-state index is 0.0655. The zero-order valence-electron chi connectivity index (χ0n) is 10.7. The van der Waals surface area contributed by atoms with Crippen molar-refractivity contribution in [1.29, 1.82) is 0 Å². The first kappa shape index (κ1) is 13.4. The monoisotopic (exact) mass is 242 g/mol. The van der Waals surface area contributed by atoms with Gasteiger partial charge in [0, 0.05) is 23.9 Å². The lowest BCUT2D eigenvalue weighted by Crippen LogP contribution is -2.49. The second-order valence-corrected chi connectivity index (χ2v) is 6.41. The Morgan fingerprint density at radius 1 is 1.31 bits per heavy atom. The molecule has 16 heavy (non-hydrogen) atoms. The van der Waals surface area contributed by atoms with Crippen molar-refractivity contribution in [1.82, 2.24) is 4.90 Å². The highest BCUT2D eigenvalue weighted by Gasteiger charge is 2.36. The number of carbonyl (C=O) groups excluding carboxylic acids is 1. The van der Waals surface area contributed by atoms with E-state index in [0.29, 0.717) is 4.99 Å². The first-order valence-electron chi connectivity index (χ1n) is 5.76. The third kappa shape index (κ3) is 2.73. The molecule has 0 bridgehead atoms. The van der Waals surface area contributed by atoms with Crippen molar-refractivity contribution < 1.29 is 4.79 Å². The van der Waals surface area contributed by atoms with Crippen LogP contribution in [0.3, 0.4) is 0 Å². The quantitative estimate of drug-likeness (QED) is 0.715. The first-order chi connectivity index (χ1) is 7.17. The molecule has 0 radical (unpaired) electrons. The standard InChI is InChI=1S/C12H22N2OS/c1-11(2,3)10(15)14-7-5-12(4,6-8-14)9(13)16/h5-8H2,1-4H3,(H2,13,16). The lowest BCUT2D eigenvalue weighted by Gasteiger charge is -2.40. The van der Waals surface area contributed by atoms with Gasteiger partial charge in [-0.05, 0) is 12.8 Å². The Morgan fingerprint density at radius 3 is 2.06 bits per heavy atom. The minimum atomic E-state index is -0.295. The molecule has 1 amide bonds. The largest absolute Gasteiger partial charge is 0.393 e. The van der Waals surface area contributed by atoms with Crippen molar-refractivity contribution in [2.75, 3.05) is 13.1 Å². The predicted octanol–water partition coefficient (Wildman–Crippen LogP) is 1.95. The van der Waals surface area contributed by atoms with Crippen LogP contribution >= 0.6 is 12.2 Å². The van der Waals surface area contributed by atoms with Crippen LogP contribution in [-0.4, -0.2) is 28.9 Å². The second-order valence-electron chi connectivity index (χ2n) is 5.97. The Balaban J connectivity index is 2.63. The molecule has 0 spiro atoms. The summed E-state index contributed by atoms with van der Waals surface area (Å²) in [6.45, 7) is 9.49. The molecule has 1 saturated heterocycles. The molecule has 1 heterocycles. The Morgan fingerprint density at radius 2 is 1.75 bits per heavy atom. The van der Waals surface area contributed by atoms with Crippen LogP contribution in [0.1, 0.15) is 40.5 Å². The highest BCUT2D eigenvalue weighted by atomic mass is 32.1. The summed E-state index contributed by atoms with van der Waals surface area (Å²) >= 11 is 5.08. The summed E-state index contributed by atoms with van der Waals surface area (Å²) in [5.41, 5.74) is 5.38. The zero-order valence-corrected chi connectivity index (χ0v) is 11.5. The van der Waals surface area contributed by atoms with Gasteiger partial charge in [0.05, 0.1) is 4.99 Å². The molecule has 2 N–H and O–H groups in total. The maximum Gasteiger partial charge on any atom is 0.227 e. The third-order valence-corrected chi connectivity index (χ3v) is 3.88. The van der Waals surface area contributed by atoms with Crippen LogP contribution < -0.4 is 5.73 Å². The molecule has 3 nitrogen and oxygen atoms in total. The fourth-order valence-corrected chi connectivity index (χ4v) is 2.13. The molecule has 0 atom stereocenters. The number of nitrogens with two attached hydrogens (primary N) is 1. The Bertz CT molecular complexity index is 299. The van der Waals surface area contributed by atoms with Crippen molar-refractivity contribution in [3.05, 3.63) is 0 Å². The number of carbonyl (C=O) groups is 1. The summed E-state index contributed by atoms with van der Waals surface area (Å²) < 4.78 is 0. The summed E-state index contributed by atoms with van der Waals surface area (Å²) in [4.78, 5) is 14.6. The average Bonchev–Trinajstić information content (AvgIpc) is 2.16. The van der Waals surface area contributed by atoms with Gasteiger partial charge in [-0.15, -0.1) is 0 Å². The third-order valence-electron chi connectivity index (χ3n) is 3.39. The molecule has 1 aliphatic heterocycles. The van der Waals surface area contributed by atoms with E-state index in [4.69, 9.17) is 18.0 Å². The molecular weight excluding hydrogens is 220 g/mol. The number of likely N-dealkylation sites (tertiary alicyclic amines) is 1. The maximum atomic E-state index is 12.1. The van der Waals surface area contributed by atoms with Crippen LogP contribution in [-0.2, 0) is 4.79 Å². The summed E-state index contributed by atoms with van der Waals surface area (Å²) in [5, 5.41) is 0. The average molecular weight is 242 g/mol. The van der Waals surface area contributed by atoms with Crippen LogP contribution in [0.2, 0.25) is 0 Å². The molecule has 0 aromatic heterocycles. The van der Waals surface area contributed by atoms with Crippen LogP contribution in [0.25, 0.3) is 0 Å². The summed E-state index contributed by atoms with van der Waals surface area (Å²) in [7, 11) is 0. The molecule has 0 aromatic carbocycles. The normalized spacial score (nSPS) is 20.6. The van der Waals surface area contributed by atoms with E-state index >= 15 is 0 Å².